The number of carbonyl (C=O) groups is 4. The first-order valence-corrected chi connectivity index (χ1v) is 10.1. The second-order valence-corrected chi connectivity index (χ2v) is 8.50. The number of esters is 2. The summed E-state index contributed by atoms with van der Waals surface area (Å²) in [5.74, 6) is -1.09. The molecule has 0 bridgehead atoms. The Kier molecular flexibility index (Phi) is 7.25. The Balaban J connectivity index is 2.00. The standard InChI is InChI=1S/C17H22N2O6S2/c1-9-10(2)27-15(18-11(3)20)14(9)17(23)25-8-13(21)19-5-6-26-12(7-19)16(22)24-4/h12H,5-8H2,1-4H3,(H,18,20)/t12-/m0/s1. The predicted molar refractivity (Wildman–Crippen MR) is 103 cm³/mol. The molecule has 0 radical (unpaired) electrons. The third-order valence-corrected chi connectivity index (χ3v) is 6.37. The summed E-state index contributed by atoms with van der Waals surface area (Å²) in [6.07, 6.45) is 0. The van der Waals surface area contributed by atoms with Crippen LogP contribution in [-0.2, 0) is 23.9 Å². The summed E-state index contributed by atoms with van der Waals surface area (Å²) in [5, 5.41) is 2.60. The van der Waals surface area contributed by atoms with Crippen LogP contribution in [0.4, 0.5) is 5.00 Å². The molecule has 1 saturated heterocycles. The van der Waals surface area contributed by atoms with E-state index in [1.165, 1.54) is 42.0 Å². The van der Waals surface area contributed by atoms with Crippen molar-refractivity contribution in [1.82, 2.24) is 4.90 Å². The summed E-state index contributed by atoms with van der Waals surface area (Å²) in [7, 11) is 1.31. The fraction of sp³-hybridized carbons (Fsp3) is 0.529. The molecule has 2 amide bonds. The van der Waals surface area contributed by atoms with E-state index >= 15 is 0 Å². The largest absolute Gasteiger partial charge is 0.468 e. The number of amides is 2. The fourth-order valence-electron chi connectivity index (χ4n) is 2.56. The SMILES string of the molecule is COC(=O)[C@@H]1CN(C(=O)COC(=O)c2c(NC(C)=O)sc(C)c2C)CCS1. The molecular weight excluding hydrogens is 392 g/mol. The van der Waals surface area contributed by atoms with E-state index in [1.54, 1.807) is 6.92 Å². The van der Waals surface area contributed by atoms with Gasteiger partial charge in [0.15, 0.2) is 6.61 Å². The van der Waals surface area contributed by atoms with Crippen LogP contribution in [0.5, 0.6) is 0 Å². The molecule has 2 rings (SSSR count). The number of ether oxygens (including phenoxy) is 2. The highest BCUT2D eigenvalue weighted by molar-refractivity contribution is 8.00. The lowest BCUT2D eigenvalue weighted by Crippen LogP contribution is -2.46. The second kappa shape index (κ2) is 9.23. The fourth-order valence-corrected chi connectivity index (χ4v) is 4.78. The number of rotatable bonds is 5. The number of hydrogen-bond acceptors (Lipinski definition) is 8. The minimum Gasteiger partial charge on any atom is -0.468 e. The zero-order valence-electron chi connectivity index (χ0n) is 15.6. The number of carbonyl (C=O) groups excluding carboxylic acids is 4. The number of thiophene rings is 1. The molecule has 0 unspecified atom stereocenters. The van der Waals surface area contributed by atoms with Gasteiger partial charge >= 0.3 is 11.9 Å². The zero-order chi connectivity index (χ0) is 20.1. The van der Waals surface area contributed by atoms with E-state index < -0.39 is 17.8 Å². The molecule has 148 valence electrons. The maximum atomic E-state index is 12.5. The van der Waals surface area contributed by atoms with E-state index in [0.29, 0.717) is 22.9 Å². The van der Waals surface area contributed by atoms with E-state index in [4.69, 9.17) is 9.47 Å². The molecule has 1 fully saturated rings. The van der Waals surface area contributed by atoms with Crippen molar-refractivity contribution in [2.45, 2.75) is 26.0 Å². The molecule has 1 aromatic rings. The molecule has 10 heteroatoms. The first-order chi connectivity index (χ1) is 12.7. The Bertz CT molecular complexity index is 761. The lowest BCUT2D eigenvalue weighted by atomic mass is 10.1. The highest BCUT2D eigenvalue weighted by Crippen LogP contribution is 2.33. The van der Waals surface area contributed by atoms with Crippen LogP contribution in [0.1, 0.15) is 27.7 Å². The van der Waals surface area contributed by atoms with Crippen molar-refractivity contribution >= 4 is 51.9 Å². The molecule has 0 aromatic carbocycles. The summed E-state index contributed by atoms with van der Waals surface area (Å²) in [6, 6.07) is 0. The molecule has 1 aliphatic rings. The van der Waals surface area contributed by atoms with Crippen LogP contribution in [0, 0.1) is 13.8 Å². The molecular formula is C17H22N2O6S2. The molecule has 8 nitrogen and oxygen atoms in total. The second-order valence-electron chi connectivity index (χ2n) is 5.97. The number of nitrogens with one attached hydrogen (secondary N) is 1. The van der Waals surface area contributed by atoms with Gasteiger partial charge in [-0.05, 0) is 19.4 Å². The van der Waals surface area contributed by atoms with Crippen LogP contribution in [-0.4, -0.2) is 66.5 Å². The highest BCUT2D eigenvalue weighted by atomic mass is 32.2. The van der Waals surface area contributed by atoms with Gasteiger partial charge < -0.3 is 19.7 Å². The van der Waals surface area contributed by atoms with E-state index in [0.717, 1.165) is 4.88 Å². The lowest BCUT2D eigenvalue weighted by Gasteiger charge is -2.30. The third-order valence-electron chi connectivity index (χ3n) is 4.09. The Hall–Kier alpha value is -2.07. The number of aryl methyl sites for hydroxylation is 1. The van der Waals surface area contributed by atoms with Crippen molar-refractivity contribution in [3.63, 3.8) is 0 Å². The minimum absolute atomic E-state index is 0.224. The number of nitrogens with zero attached hydrogens (tertiary/aromatic N) is 1. The van der Waals surface area contributed by atoms with Crippen LogP contribution in [0.25, 0.3) is 0 Å². The summed E-state index contributed by atoms with van der Waals surface area (Å²) < 4.78 is 9.90. The molecule has 27 heavy (non-hydrogen) atoms. The molecule has 0 aliphatic carbocycles. The Morgan fingerprint density at radius 2 is 1.96 bits per heavy atom. The average molecular weight is 415 g/mol. The lowest BCUT2D eigenvalue weighted by molar-refractivity contribution is -0.141. The zero-order valence-corrected chi connectivity index (χ0v) is 17.3. The highest BCUT2D eigenvalue weighted by Gasteiger charge is 2.30. The number of anilines is 1. The maximum Gasteiger partial charge on any atom is 0.341 e. The van der Waals surface area contributed by atoms with Gasteiger partial charge in [-0.3, -0.25) is 14.4 Å². The van der Waals surface area contributed by atoms with Gasteiger partial charge in [0.25, 0.3) is 5.91 Å². The number of hydrogen-bond donors (Lipinski definition) is 1. The smallest absolute Gasteiger partial charge is 0.341 e. The first-order valence-electron chi connectivity index (χ1n) is 8.26. The summed E-state index contributed by atoms with van der Waals surface area (Å²) >= 11 is 2.72. The molecule has 0 saturated carbocycles. The van der Waals surface area contributed by atoms with Crippen molar-refractivity contribution in [2.24, 2.45) is 0 Å². The summed E-state index contributed by atoms with van der Waals surface area (Å²) in [5.41, 5.74) is 0.975. The van der Waals surface area contributed by atoms with Crippen molar-refractivity contribution in [3.05, 3.63) is 16.0 Å². The van der Waals surface area contributed by atoms with Crippen LogP contribution in [0.2, 0.25) is 0 Å². The van der Waals surface area contributed by atoms with Crippen LogP contribution < -0.4 is 5.32 Å². The van der Waals surface area contributed by atoms with Gasteiger partial charge in [-0.15, -0.1) is 23.1 Å². The number of thioether (sulfide) groups is 1. The molecule has 1 aliphatic heterocycles. The van der Waals surface area contributed by atoms with E-state index in [2.05, 4.69) is 5.32 Å². The van der Waals surface area contributed by atoms with Crippen LogP contribution >= 0.6 is 23.1 Å². The first kappa shape index (κ1) is 21.2. The van der Waals surface area contributed by atoms with E-state index in [1.807, 2.05) is 6.92 Å². The van der Waals surface area contributed by atoms with Crippen molar-refractivity contribution in [2.75, 3.05) is 37.9 Å². The minimum atomic E-state index is -0.662. The van der Waals surface area contributed by atoms with E-state index in [-0.39, 0.29) is 29.9 Å². The van der Waals surface area contributed by atoms with Crippen molar-refractivity contribution in [3.8, 4) is 0 Å². The normalized spacial score (nSPS) is 16.6. The van der Waals surface area contributed by atoms with Gasteiger partial charge in [-0.2, -0.15) is 0 Å². The van der Waals surface area contributed by atoms with Crippen molar-refractivity contribution in [1.29, 1.82) is 0 Å². The summed E-state index contributed by atoms with van der Waals surface area (Å²) in [6.45, 7) is 5.23. The molecule has 1 aromatic heterocycles. The topological polar surface area (TPSA) is 102 Å². The number of methoxy groups -OCH3 is 1. The van der Waals surface area contributed by atoms with Gasteiger partial charge in [0.05, 0.1) is 12.7 Å². The molecule has 1 atom stereocenters. The third kappa shape index (κ3) is 5.23. The average Bonchev–Trinajstić information content (AvgIpc) is 2.91. The van der Waals surface area contributed by atoms with Gasteiger partial charge in [-0.1, -0.05) is 0 Å². The molecule has 0 spiro atoms. The quantitative estimate of drug-likeness (QED) is 0.730. The van der Waals surface area contributed by atoms with Gasteiger partial charge in [0.2, 0.25) is 5.91 Å². The molecule has 2 heterocycles. The van der Waals surface area contributed by atoms with Crippen LogP contribution in [0.15, 0.2) is 0 Å². The van der Waals surface area contributed by atoms with Gasteiger partial charge in [0.1, 0.15) is 10.3 Å². The van der Waals surface area contributed by atoms with Gasteiger partial charge in [-0.25, -0.2) is 4.79 Å². The monoisotopic (exact) mass is 414 g/mol. The Morgan fingerprint density at radius 3 is 2.59 bits per heavy atom. The Morgan fingerprint density at radius 1 is 1.26 bits per heavy atom. The maximum absolute atomic E-state index is 12.5. The Labute approximate surface area is 165 Å². The summed E-state index contributed by atoms with van der Waals surface area (Å²) in [4.78, 5) is 50.2. The van der Waals surface area contributed by atoms with E-state index in [9.17, 15) is 19.2 Å². The van der Waals surface area contributed by atoms with Crippen molar-refractivity contribution < 1.29 is 28.7 Å². The molecule has 1 N–H and O–H groups in total. The van der Waals surface area contributed by atoms with Gasteiger partial charge in [0, 0.05) is 30.6 Å². The predicted octanol–water partition coefficient (Wildman–Crippen LogP) is 1.60. The van der Waals surface area contributed by atoms with Crippen LogP contribution in [0.3, 0.4) is 0 Å².